The van der Waals surface area contributed by atoms with E-state index in [1.165, 1.54) is 21.2 Å². The van der Waals surface area contributed by atoms with Crippen molar-refractivity contribution in [3.05, 3.63) is 121 Å². The zero-order valence-corrected chi connectivity index (χ0v) is 24.3. The second-order valence-electron chi connectivity index (χ2n) is 7.58. The van der Waals surface area contributed by atoms with Crippen LogP contribution in [0.1, 0.15) is 0 Å². The highest BCUT2D eigenvalue weighted by Crippen LogP contribution is 2.85. The van der Waals surface area contributed by atoms with Crippen LogP contribution in [0.4, 0.5) is 0 Å². The Hall–Kier alpha value is -0.780. The van der Waals surface area contributed by atoms with E-state index in [0.29, 0.717) is 0 Å². The van der Waals surface area contributed by atoms with Crippen molar-refractivity contribution in [2.45, 2.75) is 0 Å². The van der Waals surface area contributed by atoms with Crippen LogP contribution in [0.2, 0.25) is 0 Å². The lowest BCUT2D eigenvalue weighted by Gasteiger charge is -2.44. The first-order valence-corrected chi connectivity index (χ1v) is 20.2. The first kappa shape index (κ1) is 24.9. The largest absolute Gasteiger partial charge is 0.238 e. The van der Waals surface area contributed by atoms with Gasteiger partial charge < -0.3 is 0 Å². The highest BCUT2D eigenvalue weighted by atomic mass is 33.1. The molecule has 4 aromatic rings. The SMILES string of the molecule is CN1P(c2ccccc2)SP(c2ccccc2)N(C)P(c2ccccc2)SP1c1ccccc1. The van der Waals surface area contributed by atoms with Gasteiger partial charge in [0.05, 0.1) is 29.1 Å². The van der Waals surface area contributed by atoms with Crippen LogP contribution >= 0.6 is 51.1 Å². The predicted octanol–water partition coefficient (Wildman–Crippen LogP) is 7.88. The van der Waals surface area contributed by atoms with Gasteiger partial charge in [0.25, 0.3) is 0 Å². The Balaban J connectivity index is 1.64. The molecule has 0 aromatic heterocycles. The highest BCUT2D eigenvalue weighted by Gasteiger charge is 2.39. The van der Waals surface area contributed by atoms with Gasteiger partial charge in [0.2, 0.25) is 0 Å². The van der Waals surface area contributed by atoms with Gasteiger partial charge in [-0.1, -0.05) is 143 Å². The summed E-state index contributed by atoms with van der Waals surface area (Å²) >= 11 is 4.37. The van der Waals surface area contributed by atoms with E-state index in [1.54, 1.807) is 0 Å². The van der Waals surface area contributed by atoms with E-state index in [0.717, 1.165) is 0 Å². The van der Waals surface area contributed by atoms with E-state index in [-0.39, 0.29) is 0 Å². The van der Waals surface area contributed by atoms with Crippen molar-refractivity contribution in [3.63, 3.8) is 0 Å². The molecule has 8 heteroatoms. The molecule has 4 aromatic carbocycles. The standard InChI is InChI=1S/C26H26N2P4S2/c1-27-29(23-15-7-3-8-16-23)33-31(25-19-11-5-12-20-25)28(2)32(26-21-13-6-14-22-26)34-30(27)24-17-9-4-10-18-24/h3-22H,1-2H3. The van der Waals surface area contributed by atoms with Crippen LogP contribution in [-0.4, -0.2) is 23.0 Å². The summed E-state index contributed by atoms with van der Waals surface area (Å²) in [5.74, 6) is 0. The van der Waals surface area contributed by atoms with Gasteiger partial charge in [-0.25, -0.2) is 8.88 Å². The van der Waals surface area contributed by atoms with Crippen molar-refractivity contribution in [2.75, 3.05) is 14.1 Å². The third-order valence-electron chi connectivity index (χ3n) is 5.27. The zero-order valence-electron chi connectivity index (χ0n) is 19.0. The van der Waals surface area contributed by atoms with Crippen LogP contribution in [0.3, 0.4) is 0 Å². The fourth-order valence-corrected chi connectivity index (χ4v) is 31.7. The van der Waals surface area contributed by atoms with E-state index in [9.17, 15) is 0 Å². The van der Waals surface area contributed by atoms with Crippen LogP contribution in [0.5, 0.6) is 0 Å². The number of hydrogen-bond donors (Lipinski definition) is 0. The van der Waals surface area contributed by atoms with Gasteiger partial charge in [-0.15, -0.1) is 0 Å². The minimum Gasteiger partial charge on any atom is -0.238 e. The van der Waals surface area contributed by atoms with E-state index < -0.39 is 29.1 Å². The number of rotatable bonds is 4. The van der Waals surface area contributed by atoms with Gasteiger partial charge in [-0.2, -0.15) is 0 Å². The molecule has 0 amide bonds. The lowest BCUT2D eigenvalue weighted by Crippen LogP contribution is -2.23. The van der Waals surface area contributed by atoms with Gasteiger partial charge in [0, 0.05) is 21.2 Å². The van der Waals surface area contributed by atoms with E-state index >= 15 is 0 Å². The molecule has 1 heterocycles. The molecule has 4 atom stereocenters. The van der Waals surface area contributed by atoms with Crippen LogP contribution < -0.4 is 21.2 Å². The average Bonchev–Trinajstić information content (AvgIpc) is 2.90. The van der Waals surface area contributed by atoms with E-state index in [2.05, 4.69) is 166 Å². The molecule has 1 fully saturated rings. The monoisotopic (exact) mass is 554 g/mol. The Labute approximate surface area is 215 Å². The zero-order chi connectivity index (χ0) is 23.3. The van der Waals surface area contributed by atoms with Gasteiger partial charge in [0.15, 0.2) is 0 Å². The lowest BCUT2D eigenvalue weighted by atomic mass is 10.4. The fraction of sp³-hybridized carbons (Fsp3) is 0.0769. The average molecular weight is 555 g/mol. The predicted molar refractivity (Wildman–Crippen MR) is 163 cm³/mol. The van der Waals surface area contributed by atoms with Crippen LogP contribution in [0.25, 0.3) is 0 Å². The molecule has 1 saturated heterocycles. The first-order chi connectivity index (χ1) is 16.7. The van der Waals surface area contributed by atoms with Crippen molar-refractivity contribution >= 4 is 72.3 Å². The van der Waals surface area contributed by atoms with E-state index in [4.69, 9.17) is 0 Å². The van der Waals surface area contributed by atoms with Crippen molar-refractivity contribution in [2.24, 2.45) is 0 Å². The molecule has 4 unspecified atom stereocenters. The molecule has 0 radical (unpaired) electrons. The van der Waals surface area contributed by atoms with Gasteiger partial charge >= 0.3 is 0 Å². The molecule has 34 heavy (non-hydrogen) atoms. The molecule has 1 aliphatic rings. The summed E-state index contributed by atoms with van der Waals surface area (Å²) in [4.78, 5) is 0. The molecule has 0 spiro atoms. The first-order valence-electron chi connectivity index (χ1n) is 11.0. The molecule has 0 saturated carbocycles. The number of hydrogen-bond acceptors (Lipinski definition) is 4. The molecule has 1 aliphatic heterocycles. The van der Waals surface area contributed by atoms with Gasteiger partial charge in [0.1, 0.15) is 0 Å². The minimum absolute atomic E-state index is 0.557. The Morgan fingerprint density at radius 2 is 0.588 bits per heavy atom. The number of benzene rings is 4. The summed E-state index contributed by atoms with van der Waals surface area (Å²) in [5, 5.41) is 5.77. The van der Waals surface area contributed by atoms with Crippen LogP contribution in [0, 0.1) is 0 Å². The normalized spacial score (nSPS) is 24.3. The molecule has 0 aliphatic carbocycles. The molecular weight excluding hydrogens is 528 g/mol. The van der Waals surface area contributed by atoms with Crippen molar-refractivity contribution in [1.29, 1.82) is 0 Å². The second kappa shape index (κ2) is 12.0. The summed E-state index contributed by atoms with van der Waals surface area (Å²) in [6, 6.07) is 44.6. The Morgan fingerprint density at radius 1 is 0.382 bits per heavy atom. The lowest BCUT2D eigenvalue weighted by molar-refractivity contribution is 0.917. The Kier molecular flexibility index (Phi) is 8.76. The summed E-state index contributed by atoms with van der Waals surface area (Å²) in [7, 11) is 2.50. The van der Waals surface area contributed by atoms with Gasteiger partial charge in [-0.3, -0.25) is 0 Å². The van der Waals surface area contributed by atoms with Gasteiger partial charge in [-0.05, 0) is 14.1 Å². The Morgan fingerprint density at radius 3 is 0.794 bits per heavy atom. The summed E-state index contributed by atoms with van der Waals surface area (Å²) in [5.41, 5.74) is 0. The quantitative estimate of drug-likeness (QED) is 0.237. The van der Waals surface area contributed by atoms with E-state index in [1.807, 2.05) is 0 Å². The molecule has 0 bridgehead atoms. The Bertz CT molecular complexity index is 987. The maximum absolute atomic E-state index is 2.72. The van der Waals surface area contributed by atoms with Crippen LogP contribution in [0.15, 0.2) is 121 Å². The molecular formula is C26H26N2P4S2. The fourth-order valence-electron chi connectivity index (χ4n) is 3.58. The summed E-state index contributed by atoms with van der Waals surface area (Å²) < 4.78 is 5.43. The minimum atomic E-state index is -0.557. The maximum Gasteiger partial charge on any atom is 0.0679 e. The summed E-state index contributed by atoms with van der Waals surface area (Å²) in [6.07, 6.45) is 0. The molecule has 172 valence electrons. The molecule has 5 rings (SSSR count). The number of nitrogens with zero attached hydrogens (tertiary/aromatic N) is 2. The second-order valence-corrected chi connectivity index (χ2v) is 23.3. The topological polar surface area (TPSA) is 6.48 Å². The third-order valence-corrected chi connectivity index (χ3v) is 27.4. The molecule has 2 nitrogen and oxygen atoms in total. The van der Waals surface area contributed by atoms with Crippen molar-refractivity contribution in [3.8, 4) is 0 Å². The third kappa shape index (κ3) is 5.62. The summed E-state index contributed by atoms with van der Waals surface area (Å²) in [6.45, 7) is 0. The van der Waals surface area contributed by atoms with Crippen molar-refractivity contribution < 1.29 is 0 Å². The highest BCUT2D eigenvalue weighted by molar-refractivity contribution is 8.93. The molecule has 0 N–H and O–H groups in total. The van der Waals surface area contributed by atoms with Crippen molar-refractivity contribution in [1.82, 2.24) is 8.88 Å². The maximum atomic E-state index is 2.72. The van der Waals surface area contributed by atoms with Crippen LogP contribution in [-0.2, 0) is 0 Å². The smallest absolute Gasteiger partial charge is 0.0679 e.